The van der Waals surface area contributed by atoms with Crippen LogP contribution in [0.2, 0.25) is 0 Å². The van der Waals surface area contributed by atoms with Crippen molar-refractivity contribution in [3.63, 3.8) is 0 Å². The molecule has 2 aliphatic rings. The lowest BCUT2D eigenvalue weighted by Gasteiger charge is -2.32. The molecule has 0 spiro atoms. The van der Waals surface area contributed by atoms with Gasteiger partial charge in [-0.1, -0.05) is 60.7 Å². The number of nitrogens with zero attached hydrogens (tertiary/aromatic N) is 2. The van der Waals surface area contributed by atoms with Crippen LogP contribution >= 0.6 is 0 Å². The number of carbonyl (C=O) groups is 2. The van der Waals surface area contributed by atoms with E-state index in [1.54, 1.807) is 5.01 Å². The van der Waals surface area contributed by atoms with Crippen molar-refractivity contribution < 1.29 is 14.3 Å². The zero-order valence-electron chi connectivity index (χ0n) is 17.0. The maximum absolute atomic E-state index is 13.2. The number of nitrogens with two attached hydrogens (primary N) is 1. The van der Waals surface area contributed by atoms with E-state index >= 15 is 0 Å². The highest BCUT2D eigenvalue weighted by molar-refractivity contribution is 5.90. The van der Waals surface area contributed by atoms with Gasteiger partial charge in [0.2, 0.25) is 0 Å². The molecule has 6 heteroatoms. The van der Waals surface area contributed by atoms with Gasteiger partial charge in [0.25, 0.3) is 5.91 Å². The molecule has 2 aliphatic heterocycles. The predicted octanol–water partition coefficient (Wildman–Crippen LogP) is 2.97. The normalized spacial score (nSPS) is 27.2. The minimum Gasteiger partial charge on any atom is -0.458 e. The Bertz CT molecular complexity index is 895. The quantitative estimate of drug-likeness (QED) is 0.812. The highest BCUT2D eigenvalue weighted by Gasteiger charge is 2.58. The Morgan fingerprint density at radius 3 is 2.10 bits per heavy atom. The second-order valence-electron chi connectivity index (χ2n) is 8.66. The van der Waals surface area contributed by atoms with Gasteiger partial charge in [-0.3, -0.25) is 9.80 Å². The molecule has 29 heavy (non-hydrogen) atoms. The summed E-state index contributed by atoms with van der Waals surface area (Å²) in [6.07, 6.45) is 0.473. The fourth-order valence-electron chi connectivity index (χ4n) is 4.32. The molecular weight excluding hydrogens is 366 g/mol. The van der Waals surface area contributed by atoms with E-state index in [1.807, 2.05) is 86.4 Å². The number of hydrogen-bond donors (Lipinski definition) is 1. The van der Waals surface area contributed by atoms with E-state index in [4.69, 9.17) is 10.5 Å². The second-order valence-corrected chi connectivity index (χ2v) is 8.66. The molecule has 152 valence electrons. The van der Waals surface area contributed by atoms with E-state index in [-0.39, 0.29) is 18.0 Å². The summed E-state index contributed by atoms with van der Waals surface area (Å²) >= 11 is 0. The smallest absolute Gasteiger partial charge is 0.331 e. The van der Waals surface area contributed by atoms with Crippen LogP contribution in [0.5, 0.6) is 0 Å². The monoisotopic (exact) mass is 393 g/mol. The van der Waals surface area contributed by atoms with E-state index in [0.717, 1.165) is 11.1 Å². The topological polar surface area (TPSA) is 75.9 Å². The van der Waals surface area contributed by atoms with Crippen molar-refractivity contribution in [2.75, 3.05) is 0 Å². The standard InChI is InChI=1S/C23H27N3O3/c1-23(2,3)29-22(28)18-14-17(15-10-6-4-7-11-15)25-20(16-12-8-5-9-13-16)19(24)21(27)26(18)25/h4-13,17-20H,14,24H2,1-3H3/t17-,18-,19-,20-/m1/s1. The van der Waals surface area contributed by atoms with Crippen LogP contribution in [0.3, 0.4) is 0 Å². The number of hydrogen-bond acceptors (Lipinski definition) is 5. The molecule has 2 fully saturated rings. The van der Waals surface area contributed by atoms with Crippen LogP contribution in [0, 0.1) is 0 Å². The lowest BCUT2D eigenvalue weighted by molar-refractivity contribution is -0.168. The summed E-state index contributed by atoms with van der Waals surface area (Å²) in [5.41, 5.74) is 7.77. The maximum Gasteiger partial charge on any atom is 0.331 e. The van der Waals surface area contributed by atoms with Crippen LogP contribution in [0.4, 0.5) is 0 Å². The zero-order valence-corrected chi connectivity index (χ0v) is 17.0. The van der Waals surface area contributed by atoms with Crippen molar-refractivity contribution in [1.29, 1.82) is 0 Å². The molecule has 4 atom stereocenters. The fraction of sp³-hybridized carbons (Fsp3) is 0.391. The van der Waals surface area contributed by atoms with Crippen molar-refractivity contribution in [2.24, 2.45) is 5.73 Å². The summed E-state index contributed by atoms with van der Waals surface area (Å²) < 4.78 is 5.64. The van der Waals surface area contributed by atoms with Crippen LogP contribution in [-0.2, 0) is 14.3 Å². The number of hydrazine groups is 1. The third-order valence-electron chi connectivity index (χ3n) is 5.45. The summed E-state index contributed by atoms with van der Waals surface area (Å²) in [6, 6.07) is 17.8. The Labute approximate surface area is 171 Å². The highest BCUT2D eigenvalue weighted by Crippen LogP contribution is 2.48. The molecule has 2 heterocycles. The van der Waals surface area contributed by atoms with Gasteiger partial charge in [0.05, 0.1) is 12.1 Å². The largest absolute Gasteiger partial charge is 0.458 e. The van der Waals surface area contributed by atoms with Crippen molar-refractivity contribution in [3.05, 3.63) is 71.8 Å². The number of amides is 1. The lowest BCUT2D eigenvalue weighted by Crippen LogP contribution is -2.46. The molecule has 2 aromatic carbocycles. The van der Waals surface area contributed by atoms with E-state index in [0.29, 0.717) is 6.42 Å². The van der Waals surface area contributed by atoms with Crippen LogP contribution < -0.4 is 5.73 Å². The Morgan fingerprint density at radius 2 is 1.55 bits per heavy atom. The van der Waals surface area contributed by atoms with Gasteiger partial charge in [-0.25, -0.2) is 9.80 Å². The molecule has 0 aromatic heterocycles. The molecule has 4 rings (SSSR count). The summed E-state index contributed by atoms with van der Waals surface area (Å²) in [7, 11) is 0. The summed E-state index contributed by atoms with van der Waals surface area (Å²) in [5.74, 6) is -0.636. The van der Waals surface area contributed by atoms with Gasteiger partial charge in [0, 0.05) is 6.42 Å². The van der Waals surface area contributed by atoms with Gasteiger partial charge < -0.3 is 10.5 Å². The SMILES string of the molecule is CC(C)(C)OC(=O)[C@H]1C[C@H](c2ccccc2)N2[C@H](c3ccccc3)[C@@H](N)C(=O)N12. The molecule has 0 unspecified atom stereocenters. The van der Waals surface area contributed by atoms with Gasteiger partial charge >= 0.3 is 5.97 Å². The predicted molar refractivity (Wildman–Crippen MR) is 109 cm³/mol. The minimum atomic E-state index is -0.742. The van der Waals surface area contributed by atoms with Gasteiger partial charge in [-0.2, -0.15) is 0 Å². The van der Waals surface area contributed by atoms with Gasteiger partial charge in [-0.05, 0) is 31.9 Å². The Morgan fingerprint density at radius 1 is 1.00 bits per heavy atom. The van der Waals surface area contributed by atoms with Crippen molar-refractivity contribution >= 4 is 11.9 Å². The third-order valence-corrected chi connectivity index (χ3v) is 5.45. The molecule has 0 radical (unpaired) electrons. The summed E-state index contributed by atoms with van der Waals surface area (Å²) in [4.78, 5) is 26.2. The van der Waals surface area contributed by atoms with Crippen LogP contribution in [0.25, 0.3) is 0 Å². The minimum absolute atomic E-state index is 0.142. The zero-order chi connectivity index (χ0) is 20.8. The second kappa shape index (κ2) is 7.28. The van der Waals surface area contributed by atoms with E-state index in [2.05, 4.69) is 0 Å². The van der Waals surface area contributed by atoms with E-state index in [9.17, 15) is 9.59 Å². The van der Waals surface area contributed by atoms with Crippen molar-refractivity contribution in [2.45, 2.75) is 57.0 Å². The first-order valence-corrected chi connectivity index (χ1v) is 9.97. The van der Waals surface area contributed by atoms with E-state index < -0.39 is 23.7 Å². The Hall–Kier alpha value is -2.70. The molecule has 0 saturated carbocycles. The van der Waals surface area contributed by atoms with E-state index in [1.165, 1.54) is 0 Å². The summed E-state index contributed by atoms with van der Waals surface area (Å²) in [5, 5.41) is 3.54. The molecule has 2 saturated heterocycles. The van der Waals surface area contributed by atoms with Gasteiger partial charge in [-0.15, -0.1) is 0 Å². The first-order chi connectivity index (χ1) is 13.8. The third kappa shape index (κ3) is 3.54. The van der Waals surface area contributed by atoms with Crippen LogP contribution in [0.1, 0.15) is 50.4 Å². The molecule has 0 aliphatic carbocycles. The Kier molecular flexibility index (Phi) is 4.92. The van der Waals surface area contributed by atoms with Gasteiger partial charge in [0.15, 0.2) is 0 Å². The fourth-order valence-corrected chi connectivity index (χ4v) is 4.32. The van der Waals surface area contributed by atoms with Gasteiger partial charge in [0.1, 0.15) is 17.7 Å². The molecule has 1 amide bonds. The Balaban J connectivity index is 1.77. The lowest BCUT2D eigenvalue weighted by atomic mass is 9.94. The van der Waals surface area contributed by atoms with Crippen LogP contribution in [-0.4, -0.2) is 39.6 Å². The highest BCUT2D eigenvalue weighted by atomic mass is 16.6. The number of carbonyl (C=O) groups excluding carboxylic acids is 2. The number of ether oxygens (including phenoxy) is 1. The molecule has 6 nitrogen and oxygen atoms in total. The number of fused-ring (bicyclic) bond motifs is 1. The molecule has 2 aromatic rings. The number of rotatable bonds is 3. The first-order valence-electron chi connectivity index (χ1n) is 9.97. The molecular formula is C23H27N3O3. The first kappa shape index (κ1) is 19.6. The van der Waals surface area contributed by atoms with Crippen LogP contribution in [0.15, 0.2) is 60.7 Å². The molecule has 2 N–H and O–H groups in total. The van der Waals surface area contributed by atoms with Crippen molar-refractivity contribution in [1.82, 2.24) is 10.0 Å². The van der Waals surface area contributed by atoms with Crippen molar-refractivity contribution in [3.8, 4) is 0 Å². The average Bonchev–Trinajstić information content (AvgIpc) is 3.19. The summed E-state index contributed by atoms with van der Waals surface area (Å²) in [6.45, 7) is 5.49. The number of esters is 1. The maximum atomic E-state index is 13.2. The molecule has 0 bridgehead atoms. The number of benzene rings is 2. The average molecular weight is 393 g/mol.